The van der Waals surface area contributed by atoms with Gasteiger partial charge in [0.15, 0.2) is 0 Å². The molecule has 0 aromatic carbocycles. The van der Waals surface area contributed by atoms with Crippen molar-refractivity contribution < 1.29 is 0 Å². The molecule has 1 saturated carbocycles. The van der Waals surface area contributed by atoms with Gasteiger partial charge in [-0.2, -0.15) is 0 Å². The van der Waals surface area contributed by atoms with Gasteiger partial charge in [-0.05, 0) is 37.0 Å². The van der Waals surface area contributed by atoms with Gasteiger partial charge >= 0.3 is 0 Å². The molecule has 0 aromatic rings. The fourth-order valence-corrected chi connectivity index (χ4v) is 6.19. The summed E-state index contributed by atoms with van der Waals surface area (Å²) in [6.07, 6.45) is 31.2. The molecule has 1 aliphatic rings. The summed E-state index contributed by atoms with van der Waals surface area (Å²) in [5, 5.41) is 0. The molecule has 0 radical (unpaired) electrons. The lowest BCUT2D eigenvalue weighted by Gasteiger charge is -2.48. The maximum Gasteiger partial charge on any atom is 0.00981 e. The Morgan fingerprint density at radius 2 is 1.17 bits per heavy atom. The van der Waals surface area contributed by atoms with Crippen molar-refractivity contribution in [2.45, 2.75) is 168 Å². The Balaban J connectivity index is 1.96. The maximum absolute atomic E-state index is 6.81. The minimum absolute atomic E-state index is 0.444. The van der Waals surface area contributed by atoms with E-state index in [0.29, 0.717) is 11.5 Å². The molecule has 0 saturated heterocycles. The summed E-state index contributed by atoms with van der Waals surface area (Å²) in [6.45, 7) is 7.09. The first kappa shape index (κ1) is 27.0. The van der Waals surface area contributed by atoms with E-state index in [-0.39, 0.29) is 0 Å². The van der Waals surface area contributed by atoms with Crippen molar-refractivity contribution in [3.8, 4) is 0 Å². The van der Waals surface area contributed by atoms with Gasteiger partial charge in [0.05, 0.1) is 0 Å². The van der Waals surface area contributed by atoms with E-state index < -0.39 is 0 Å². The average Bonchev–Trinajstić information content (AvgIpc) is 2.76. The molecule has 0 bridgehead atoms. The third kappa shape index (κ3) is 10.7. The standard InChI is InChI=1S/C28H57N/c1-4-7-8-9-10-11-12-13-14-15-16-17-18-19-20-24-27(29)28(6-3)25-22-21-23-26(28)5-2/h26-27H,4-25,29H2,1-3H3. The van der Waals surface area contributed by atoms with Crippen molar-refractivity contribution in [1.82, 2.24) is 0 Å². The van der Waals surface area contributed by atoms with E-state index >= 15 is 0 Å². The first-order chi connectivity index (χ1) is 14.2. The highest BCUT2D eigenvalue weighted by atomic mass is 14.7. The maximum atomic E-state index is 6.81. The first-order valence-corrected chi connectivity index (χ1v) is 14.0. The molecule has 0 aliphatic heterocycles. The van der Waals surface area contributed by atoms with Crippen LogP contribution in [0.4, 0.5) is 0 Å². The Bertz CT molecular complexity index is 352. The lowest BCUT2D eigenvalue weighted by Crippen LogP contribution is -2.48. The van der Waals surface area contributed by atoms with E-state index in [9.17, 15) is 0 Å². The molecule has 3 unspecified atom stereocenters. The molecule has 1 aliphatic carbocycles. The van der Waals surface area contributed by atoms with Crippen molar-refractivity contribution in [3.05, 3.63) is 0 Å². The van der Waals surface area contributed by atoms with Crippen LogP contribution in [-0.4, -0.2) is 6.04 Å². The Morgan fingerprint density at radius 3 is 1.62 bits per heavy atom. The highest BCUT2D eigenvalue weighted by Crippen LogP contribution is 2.48. The molecule has 1 heteroatoms. The molecule has 0 amide bonds. The molecule has 3 atom stereocenters. The van der Waals surface area contributed by atoms with Crippen LogP contribution in [0.15, 0.2) is 0 Å². The molecule has 0 heterocycles. The summed E-state index contributed by atoms with van der Waals surface area (Å²) < 4.78 is 0. The summed E-state index contributed by atoms with van der Waals surface area (Å²) in [5.41, 5.74) is 7.28. The van der Waals surface area contributed by atoms with Crippen molar-refractivity contribution in [2.75, 3.05) is 0 Å². The highest BCUT2D eigenvalue weighted by molar-refractivity contribution is 4.95. The van der Waals surface area contributed by atoms with Crippen molar-refractivity contribution in [3.63, 3.8) is 0 Å². The highest BCUT2D eigenvalue weighted by Gasteiger charge is 2.42. The van der Waals surface area contributed by atoms with Crippen LogP contribution >= 0.6 is 0 Å². The summed E-state index contributed by atoms with van der Waals surface area (Å²) >= 11 is 0. The smallest absolute Gasteiger partial charge is 0.00981 e. The lowest BCUT2D eigenvalue weighted by atomic mass is 9.59. The largest absolute Gasteiger partial charge is 0.327 e. The fourth-order valence-electron chi connectivity index (χ4n) is 6.19. The zero-order valence-corrected chi connectivity index (χ0v) is 20.8. The van der Waals surface area contributed by atoms with E-state index in [1.807, 2.05) is 0 Å². The number of unbranched alkanes of at least 4 members (excludes halogenated alkanes) is 14. The van der Waals surface area contributed by atoms with Crippen LogP contribution in [0.25, 0.3) is 0 Å². The SMILES string of the molecule is CCCCCCCCCCCCCCCCCC(N)C1(CC)CCCCC1CC. The number of nitrogens with two attached hydrogens (primary N) is 1. The third-order valence-corrected chi connectivity index (χ3v) is 8.27. The van der Waals surface area contributed by atoms with Crippen LogP contribution in [0, 0.1) is 11.3 Å². The topological polar surface area (TPSA) is 26.0 Å². The van der Waals surface area contributed by atoms with Gasteiger partial charge in [-0.1, -0.05) is 136 Å². The van der Waals surface area contributed by atoms with Crippen LogP contribution in [0.3, 0.4) is 0 Å². The van der Waals surface area contributed by atoms with Gasteiger partial charge in [-0.3, -0.25) is 0 Å². The summed E-state index contributed by atoms with van der Waals surface area (Å²) in [4.78, 5) is 0. The molecular formula is C28H57N. The molecule has 2 N–H and O–H groups in total. The normalized spacial score (nSPS) is 23.4. The van der Waals surface area contributed by atoms with Gasteiger partial charge in [0.1, 0.15) is 0 Å². The molecule has 29 heavy (non-hydrogen) atoms. The van der Waals surface area contributed by atoms with Crippen LogP contribution in [0.2, 0.25) is 0 Å². The first-order valence-electron chi connectivity index (χ1n) is 14.0. The van der Waals surface area contributed by atoms with Gasteiger partial charge in [0.2, 0.25) is 0 Å². The van der Waals surface area contributed by atoms with Crippen LogP contribution in [0.1, 0.15) is 162 Å². The average molecular weight is 408 g/mol. The zero-order chi connectivity index (χ0) is 21.2. The lowest BCUT2D eigenvalue weighted by molar-refractivity contribution is 0.0494. The quantitative estimate of drug-likeness (QED) is 0.212. The van der Waals surface area contributed by atoms with E-state index in [0.717, 1.165) is 5.92 Å². The minimum Gasteiger partial charge on any atom is -0.327 e. The molecule has 0 spiro atoms. The predicted octanol–water partition coefficient (Wildman–Crippen LogP) is 9.57. The van der Waals surface area contributed by atoms with Crippen LogP contribution in [-0.2, 0) is 0 Å². The second-order valence-electron chi connectivity index (χ2n) is 10.3. The summed E-state index contributed by atoms with van der Waals surface area (Å²) in [7, 11) is 0. The molecular weight excluding hydrogens is 350 g/mol. The molecule has 174 valence electrons. The zero-order valence-electron chi connectivity index (χ0n) is 20.8. The minimum atomic E-state index is 0.444. The molecule has 0 aromatic heterocycles. The second kappa shape index (κ2) is 17.6. The van der Waals surface area contributed by atoms with E-state index in [1.165, 1.54) is 141 Å². The predicted molar refractivity (Wildman–Crippen MR) is 132 cm³/mol. The van der Waals surface area contributed by atoms with Crippen molar-refractivity contribution in [1.29, 1.82) is 0 Å². The van der Waals surface area contributed by atoms with Crippen LogP contribution in [0.5, 0.6) is 0 Å². The number of rotatable bonds is 19. The van der Waals surface area contributed by atoms with Crippen LogP contribution < -0.4 is 5.73 Å². The van der Waals surface area contributed by atoms with Gasteiger partial charge in [-0.25, -0.2) is 0 Å². The van der Waals surface area contributed by atoms with Gasteiger partial charge in [0.25, 0.3) is 0 Å². The van der Waals surface area contributed by atoms with Gasteiger partial charge in [0, 0.05) is 6.04 Å². The van der Waals surface area contributed by atoms with E-state index in [4.69, 9.17) is 5.73 Å². The van der Waals surface area contributed by atoms with Crippen molar-refractivity contribution >= 4 is 0 Å². The molecule has 1 fully saturated rings. The Hall–Kier alpha value is -0.0400. The number of hydrogen-bond acceptors (Lipinski definition) is 1. The van der Waals surface area contributed by atoms with E-state index in [1.54, 1.807) is 0 Å². The molecule has 1 nitrogen and oxygen atoms in total. The summed E-state index contributed by atoms with van der Waals surface area (Å²) in [6, 6.07) is 0.444. The van der Waals surface area contributed by atoms with Crippen molar-refractivity contribution in [2.24, 2.45) is 17.1 Å². The Labute approximate surface area is 185 Å². The van der Waals surface area contributed by atoms with E-state index in [2.05, 4.69) is 20.8 Å². The van der Waals surface area contributed by atoms with Gasteiger partial charge < -0.3 is 5.73 Å². The fraction of sp³-hybridized carbons (Fsp3) is 1.00. The summed E-state index contributed by atoms with van der Waals surface area (Å²) in [5.74, 6) is 0.882. The Kier molecular flexibility index (Phi) is 16.4. The number of hydrogen-bond donors (Lipinski definition) is 1. The Morgan fingerprint density at radius 1 is 0.690 bits per heavy atom. The monoisotopic (exact) mass is 407 g/mol. The van der Waals surface area contributed by atoms with Gasteiger partial charge in [-0.15, -0.1) is 0 Å². The second-order valence-corrected chi connectivity index (χ2v) is 10.3. The third-order valence-electron chi connectivity index (χ3n) is 8.27. The molecule has 1 rings (SSSR count).